The molecule has 0 radical (unpaired) electrons. The van der Waals surface area contributed by atoms with Crippen molar-refractivity contribution >= 4 is 11.3 Å². The van der Waals surface area contributed by atoms with Crippen LogP contribution in [-0.2, 0) is 10.3 Å². The van der Waals surface area contributed by atoms with Gasteiger partial charge in [-0.15, -0.1) is 11.3 Å². The van der Waals surface area contributed by atoms with Crippen LogP contribution >= 0.6 is 11.3 Å². The molecule has 1 saturated carbocycles. The molecule has 0 spiro atoms. The maximum Gasteiger partial charge on any atom is 0.0960 e. The van der Waals surface area contributed by atoms with Crippen LogP contribution in [0.25, 0.3) is 0 Å². The molecule has 88 valence electrons. The summed E-state index contributed by atoms with van der Waals surface area (Å²) in [6.45, 7) is 1.40. The first-order valence-electron chi connectivity index (χ1n) is 6.10. The third kappa shape index (κ3) is 1.79. The maximum absolute atomic E-state index is 6.31. The average Bonchev–Trinajstić information content (AvgIpc) is 2.98. The number of aromatic nitrogens is 1. The van der Waals surface area contributed by atoms with Crippen molar-refractivity contribution < 1.29 is 4.74 Å². The van der Waals surface area contributed by atoms with E-state index < -0.39 is 0 Å². The van der Waals surface area contributed by atoms with E-state index in [4.69, 9.17) is 15.5 Å². The van der Waals surface area contributed by atoms with Gasteiger partial charge >= 0.3 is 0 Å². The number of nitrogens with zero attached hydrogens (tertiary/aromatic N) is 1. The Morgan fingerprint density at radius 3 is 2.94 bits per heavy atom. The van der Waals surface area contributed by atoms with Gasteiger partial charge in [0.2, 0.25) is 0 Å². The predicted molar refractivity (Wildman–Crippen MR) is 64.6 cm³/mol. The Kier molecular flexibility index (Phi) is 2.73. The number of thiazole rings is 1. The van der Waals surface area contributed by atoms with Gasteiger partial charge in [-0.1, -0.05) is 12.8 Å². The Bertz CT molecular complexity index is 365. The van der Waals surface area contributed by atoms with Gasteiger partial charge in [0.15, 0.2) is 0 Å². The summed E-state index contributed by atoms with van der Waals surface area (Å²) in [4.78, 5) is 4.76. The summed E-state index contributed by atoms with van der Waals surface area (Å²) in [6.07, 6.45) is 6.23. The molecule has 1 aliphatic heterocycles. The molecule has 2 heterocycles. The number of ether oxygens (including phenoxy) is 1. The van der Waals surface area contributed by atoms with Gasteiger partial charge in [-0.2, -0.15) is 0 Å². The molecule has 2 N–H and O–H groups in total. The van der Waals surface area contributed by atoms with Gasteiger partial charge in [-0.3, -0.25) is 0 Å². The molecule has 4 heteroatoms. The lowest BCUT2D eigenvalue weighted by Gasteiger charge is -2.18. The van der Waals surface area contributed by atoms with Crippen LogP contribution in [0.4, 0.5) is 0 Å². The van der Waals surface area contributed by atoms with Crippen LogP contribution in [0.2, 0.25) is 0 Å². The van der Waals surface area contributed by atoms with Crippen molar-refractivity contribution in [1.29, 1.82) is 0 Å². The van der Waals surface area contributed by atoms with Crippen molar-refractivity contribution in [2.45, 2.75) is 43.6 Å². The zero-order chi connectivity index (χ0) is 11.0. The van der Waals surface area contributed by atoms with Crippen LogP contribution in [0.5, 0.6) is 0 Å². The molecule has 1 aromatic rings. The second kappa shape index (κ2) is 4.09. The Hall–Kier alpha value is -0.450. The van der Waals surface area contributed by atoms with E-state index in [1.54, 1.807) is 11.3 Å². The summed E-state index contributed by atoms with van der Waals surface area (Å²) in [6, 6.07) is 0. The Morgan fingerprint density at radius 1 is 1.44 bits per heavy atom. The topological polar surface area (TPSA) is 48.1 Å². The van der Waals surface area contributed by atoms with E-state index >= 15 is 0 Å². The van der Waals surface area contributed by atoms with Crippen molar-refractivity contribution in [3.8, 4) is 0 Å². The number of nitrogens with two attached hydrogens (primary N) is 1. The molecule has 2 fully saturated rings. The quantitative estimate of drug-likeness (QED) is 0.860. The van der Waals surface area contributed by atoms with E-state index in [1.807, 2.05) is 0 Å². The molecular formula is C12H18N2OS. The number of rotatable bonds is 2. The minimum Gasteiger partial charge on any atom is -0.379 e. The van der Waals surface area contributed by atoms with E-state index in [0.29, 0.717) is 12.5 Å². The van der Waals surface area contributed by atoms with E-state index in [0.717, 1.165) is 18.7 Å². The Balaban J connectivity index is 1.81. The van der Waals surface area contributed by atoms with Crippen molar-refractivity contribution in [2.24, 2.45) is 5.73 Å². The van der Waals surface area contributed by atoms with Crippen molar-refractivity contribution in [1.82, 2.24) is 4.98 Å². The van der Waals surface area contributed by atoms with Crippen molar-refractivity contribution in [2.75, 3.05) is 13.2 Å². The fourth-order valence-electron chi connectivity index (χ4n) is 2.66. The normalized spacial score (nSPS) is 31.3. The Labute approximate surface area is 100 Å². The van der Waals surface area contributed by atoms with Gasteiger partial charge in [-0.25, -0.2) is 4.98 Å². The number of hydrogen-bond acceptors (Lipinski definition) is 4. The molecular weight excluding hydrogens is 220 g/mol. The van der Waals surface area contributed by atoms with E-state index in [1.165, 1.54) is 30.7 Å². The zero-order valence-electron chi connectivity index (χ0n) is 9.45. The summed E-state index contributed by atoms with van der Waals surface area (Å²) >= 11 is 1.79. The van der Waals surface area contributed by atoms with Gasteiger partial charge in [0, 0.05) is 17.9 Å². The molecule has 1 unspecified atom stereocenters. The molecule has 1 saturated heterocycles. The highest BCUT2D eigenvalue weighted by Crippen LogP contribution is 2.37. The van der Waals surface area contributed by atoms with Gasteiger partial charge < -0.3 is 10.5 Å². The van der Waals surface area contributed by atoms with Crippen LogP contribution in [0.1, 0.15) is 48.7 Å². The van der Waals surface area contributed by atoms with Crippen molar-refractivity contribution in [3.63, 3.8) is 0 Å². The average molecular weight is 238 g/mol. The van der Waals surface area contributed by atoms with Gasteiger partial charge in [-0.05, 0) is 19.3 Å². The summed E-state index contributed by atoms with van der Waals surface area (Å²) in [5.41, 5.74) is 7.05. The SMILES string of the molecule is NC1(c2csc(C3CCCC3)n2)CCOC1. The maximum atomic E-state index is 6.31. The minimum atomic E-state index is -0.312. The van der Waals surface area contributed by atoms with Gasteiger partial charge in [0.25, 0.3) is 0 Å². The van der Waals surface area contributed by atoms with E-state index in [2.05, 4.69) is 5.38 Å². The van der Waals surface area contributed by atoms with Crippen LogP contribution in [0.3, 0.4) is 0 Å². The van der Waals surface area contributed by atoms with Crippen LogP contribution in [0, 0.1) is 0 Å². The first-order valence-corrected chi connectivity index (χ1v) is 6.98. The molecule has 1 aliphatic carbocycles. The molecule has 3 nitrogen and oxygen atoms in total. The highest BCUT2D eigenvalue weighted by Gasteiger charge is 2.35. The van der Waals surface area contributed by atoms with Crippen LogP contribution in [0.15, 0.2) is 5.38 Å². The molecule has 16 heavy (non-hydrogen) atoms. The second-order valence-electron chi connectivity index (χ2n) is 5.01. The first-order chi connectivity index (χ1) is 7.78. The lowest BCUT2D eigenvalue weighted by Crippen LogP contribution is -2.37. The molecule has 0 aromatic carbocycles. The summed E-state index contributed by atoms with van der Waals surface area (Å²) in [5.74, 6) is 0.699. The Morgan fingerprint density at radius 2 is 2.25 bits per heavy atom. The molecule has 0 amide bonds. The summed E-state index contributed by atoms with van der Waals surface area (Å²) < 4.78 is 5.39. The van der Waals surface area contributed by atoms with Gasteiger partial charge in [0.1, 0.15) is 0 Å². The molecule has 3 rings (SSSR count). The van der Waals surface area contributed by atoms with Crippen LogP contribution < -0.4 is 5.73 Å². The molecule has 2 aliphatic rings. The first kappa shape index (κ1) is 10.7. The predicted octanol–water partition coefficient (Wildman–Crippen LogP) is 2.38. The van der Waals surface area contributed by atoms with Gasteiger partial charge in [0.05, 0.1) is 22.8 Å². The molecule has 0 bridgehead atoms. The highest BCUT2D eigenvalue weighted by atomic mass is 32.1. The zero-order valence-corrected chi connectivity index (χ0v) is 10.3. The lowest BCUT2D eigenvalue weighted by molar-refractivity contribution is 0.177. The molecule has 1 atom stereocenters. The van der Waals surface area contributed by atoms with E-state index in [-0.39, 0.29) is 5.54 Å². The summed E-state index contributed by atoms with van der Waals surface area (Å²) in [7, 11) is 0. The van der Waals surface area contributed by atoms with Crippen molar-refractivity contribution in [3.05, 3.63) is 16.1 Å². The fourth-order valence-corrected chi connectivity index (χ4v) is 3.76. The standard InChI is InChI=1S/C12H18N2OS/c13-12(5-6-15-8-12)10-7-16-11(14-10)9-3-1-2-4-9/h7,9H,1-6,8,13H2. The lowest BCUT2D eigenvalue weighted by atomic mass is 9.97. The monoisotopic (exact) mass is 238 g/mol. The van der Waals surface area contributed by atoms with E-state index in [9.17, 15) is 0 Å². The fraction of sp³-hybridized carbons (Fsp3) is 0.750. The second-order valence-corrected chi connectivity index (χ2v) is 5.90. The highest BCUT2D eigenvalue weighted by molar-refractivity contribution is 7.09. The molecule has 1 aromatic heterocycles. The third-order valence-corrected chi connectivity index (χ3v) is 4.80. The largest absolute Gasteiger partial charge is 0.379 e. The summed E-state index contributed by atoms with van der Waals surface area (Å²) in [5, 5.41) is 3.44. The third-order valence-electron chi connectivity index (χ3n) is 3.79. The number of hydrogen-bond donors (Lipinski definition) is 1. The smallest absolute Gasteiger partial charge is 0.0960 e. The minimum absolute atomic E-state index is 0.312. The van der Waals surface area contributed by atoms with Crippen LogP contribution in [-0.4, -0.2) is 18.2 Å².